The van der Waals surface area contributed by atoms with Crippen molar-refractivity contribution in [1.29, 1.82) is 0 Å². The van der Waals surface area contributed by atoms with Gasteiger partial charge in [0.1, 0.15) is 19.3 Å². The number of hydrogen-bond donors (Lipinski definition) is 1. The van der Waals surface area contributed by atoms with Crippen molar-refractivity contribution in [2.45, 2.75) is 109 Å². The highest BCUT2D eigenvalue weighted by Crippen LogP contribution is 2.38. The van der Waals surface area contributed by atoms with E-state index in [1.165, 1.54) is 64.2 Å². The van der Waals surface area contributed by atoms with E-state index in [1.807, 2.05) is 21.1 Å². The predicted molar refractivity (Wildman–Crippen MR) is 155 cm³/mol. The Morgan fingerprint density at radius 1 is 0.821 bits per heavy atom. The molecule has 0 saturated carbocycles. The fourth-order valence-electron chi connectivity index (χ4n) is 3.72. The van der Waals surface area contributed by atoms with Crippen molar-refractivity contribution < 1.29 is 42.4 Å². The second-order valence-corrected chi connectivity index (χ2v) is 12.7. The van der Waals surface area contributed by atoms with Crippen molar-refractivity contribution in [3.05, 3.63) is 12.2 Å². The van der Waals surface area contributed by atoms with E-state index in [0.29, 0.717) is 37.1 Å². The maximum Gasteiger partial charge on any atom is 0.303 e. The molecule has 9 nitrogen and oxygen atoms in total. The van der Waals surface area contributed by atoms with Crippen LogP contribution in [0.2, 0.25) is 0 Å². The van der Waals surface area contributed by atoms with Crippen LogP contribution in [0.5, 0.6) is 0 Å². The molecule has 0 saturated heterocycles. The molecule has 0 aromatic heterocycles. The Hall–Kier alpha value is -0.800. The molecule has 10 heteroatoms. The van der Waals surface area contributed by atoms with Crippen LogP contribution in [0, 0.1) is 0 Å². The van der Waals surface area contributed by atoms with E-state index >= 15 is 0 Å². The number of phosphoric acid groups is 1. The molecule has 2 atom stereocenters. The molecule has 1 unspecified atom stereocenters. The monoisotopic (exact) mass is 579 g/mol. The van der Waals surface area contributed by atoms with Gasteiger partial charge in [0.15, 0.2) is 0 Å². The lowest BCUT2D eigenvalue weighted by atomic mass is 10.1. The SMILES string of the molecule is CCCCCC/C=C\CCCCCCCCOC[C@H](COP(=O)([O-])OCC[N+](C)(C)C)OCCCCC(=O)O. The molecule has 0 spiro atoms. The highest BCUT2D eigenvalue weighted by Gasteiger charge is 2.18. The van der Waals surface area contributed by atoms with Crippen LogP contribution in [0.15, 0.2) is 12.2 Å². The molecule has 232 valence electrons. The normalized spacial score (nSPS) is 14.6. The van der Waals surface area contributed by atoms with Crippen LogP contribution in [-0.4, -0.2) is 82.4 Å². The molecule has 0 amide bonds. The summed E-state index contributed by atoms with van der Waals surface area (Å²) in [6.07, 6.45) is 19.8. The number of carbonyl (C=O) groups is 1. The van der Waals surface area contributed by atoms with Crippen LogP contribution < -0.4 is 4.89 Å². The van der Waals surface area contributed by atoms with Gasteiger partial charge in [-0.15, -0.1) is 0 Å². The van der Waals surface area contributed by atoms with Gasteiger partial charge in [0.2, 0.25) is 0 Å². The number of rotatable bonds is 29. The summed E-state index contributed by atoms with van der Waals surface area (Å²) < 4.78 is 34.2. The third kappa shape index (κ3) is 30.0. The zero-order valence-electron chi connectivity index (χ0n) is 25.3. The Kier molecular flexibility index (Phi) is 24.4. The molecule has 39 heavy (non-hydrogen) atoms. The average molecular weight is 580 g/mol. The van der Waals surface area contributed by atoms with Gasteiger partial charge in [-0.2, -0.15) is 0 Å². The number of likely N-dealkylation sites (N-methyl/N-ethyl adjacent to an activating group) is 1. The fraction of sp³-hybridized carbons (Fsp3) is 0.897. The van der Waals surface area contributed by atoms with Crippen LogP contribution in [0.25, 0.3) is 0 Å². The topological polar surface area (TPSA) is 114 Å². The van der Waals surface area contributed by atoms with Crippen LogP contribution >= 0.6 is 7.82 Å². The quantitative estimate of drug-likeness (QED) is 0.0489. The summed E-state index contributed by atoms with van der Waals surface area (Å²) in [6.45, 7) is 3.71. The largest absolute Gasteiger partial charge is 0.756 e. The molecule has 0 aromatic rings. The lowest BCUT2D eigenvalue weighted by Gasteiger charge is -2.28. The minimum atomic E-state index is -4.44. The summed E-state index contributed by atoms with van der Waals surface area (Å²) in [5, 5.41) is 8.76. The van der Waals surface area contributed by atoms with E-state index in [2.05, 4.69) is 19.1 Å². The summed E-state index contributed by atoms with van der Waals surface area (Å²) in [5.74, 6) is -0.846. The van der Waals surface area contributed by atoms with E-state index in [4.69, 9.17) is 23.6 Å². The lowest BCUT2D eigenvalue weighted by Crippen LogP contribution is -2.37. The second-order valence-electron chi connectivity index (χ2n) is 11.2. The summed E-state index contributed by atoms with van der Waals surface area (Å²) in [6, 6.07) is 0. The van der Waals surface area contributed by atoms with Crippen LogP contribution in [-0.2, 0) is 27.9 Å². The second kappa shape index (κ2) is 25.0. The van der Waals surface area contributed by atoms with Crippen LogP contribution in [0.3, 0.4) is 0 Å². The molecule has 0 aliphatic heterocycles. The van der Waals surface area contributed by atoms with E-state index < -0.39 is 19.9 Å². The number of unbranched alkanes of at least 4 members (excludes halogenated alkanes) is 11. The van der Waals surface area contributed by atoms with E-state index in [0.717, 1.165) is 12.8 Å². The number of nitrogens with zero attached hydrogens (tertiary/aromatic N) is 1. The molecule has 1 N–H and O–H groups in total. The van der Waals surface area contributed by atoms with Crippen molar-refractivity contribution in [2.75, 3.05) is 60.7 Å². The Bertz CT molecular complexity index is 654. The van der Waals surface area contributed by atoms with Gasteiger partial charge in [0.25, 0.3) is 7.82 Å². The van der Waals surface area contributed by atoms with Gasteiger partial charge < -0.3 is 33.0 Å². The standard InChI is InChI=1S/C29H58NO8P/c1-5-6-7-8-9-10-11-12-13-14-15-16-17-19-23-35-26-28(36-24-20-18-21-29(31)32)27-38-39(33,34)37-25-22-30(2,3)4/h10-11,28H,5-9,12-27H2,1-4H3,(H-,31,32,33,34)/b11-10-/t28-/m1/s1. The number of carboxylic acid groups (broad SMARTS) is 1. The lowest BCUT2D eigenvalue weighted by molar-refractivity contribution is -0.870. The minimum absolute atomic E-state index is 0.0390. The predicted octanol–water partition coefficient (Wildman–Crippen LogP) is 6.11. The zero-order valence-corrected chi connectivity index (χ0v) is 26.2. The highest BCUT2D eigenvalue weighted by atomic mass is 31.2. The molecule has 0 aromatic carbocycles. The maximum atomic E-state index is 12.1. The van der Waals surface area contributed by atoms with Crippen LogP contribution in [0.4, 0.5) is 0 Å². The van der Waals surface area contributed by atoms with Crippen molar-refractivity contribution >= 4 is 13.8 Å². The molecular formula is C29H58NO8P. The molecule has 0 aliphatic rings. The Labute approximate surface area is 238 Å². The number of allylic oxidation sites excluding steroid dienone is 2. The highest BCUT2D eigenvalue weighted by molar-refractivity contribution is 7.45. The van der Waals surface area contributed by atoms with Crippen molar-refractivity contribution in [1.82, 2.24) is 0 Å². The first-order valence-electron chi connectivity index (χ1n) is 15.0. The number of quaternary nitrogens is 1. The van der Waals surface area contributed by atoms with E-state index in [1.54, 1.807) is 0 Å². The molecule has 0 heterocycles. The first kappa shape index (κ1) is 38.2. The number of hydrogen-bond acceptors (Lipinski definition) is 7. The van der Waals surface area contributed by atoms with Crippen molar-refractivity contribution in [3.63, 3.8) is 0 Å². The molecule has 0 rings (SSSR count). The van der Waals surface area contributed by atoms with E-state index in [9.17, 15) is 14.3 Å². The number of aliphatic carboxylic acids is 1. The first-order chi connectivity index (χ1) is 18.6. The van der Waals surface area contributed by atoms with E-state index in [-0.39, 0.29) is 26.2 Å². The third-order valence-corrected chi connectivity index (χ3v) is 7.14. The molecule has 0 fully saturated rings. The first-order valence-corrected chi connectivity index (χ1v) is 16.5. The summed E-state index contributed by atoms with van der Waals surface area (Å²) in [4.78, 5) is 22.8. The van der Waals surface area contributed by atoms with Gasteiger partial charge in [-0.25, -0.2) is 0 Å². The Morgan fingerprint density at radius 2 is 1.41 bits per heavy atom. The summed E-state index contributed by atoms with van der Waals surface area (Å²) in [7, 11) is 1.39. The van der Waals surface area contributed by atoms with Gasteiger partial charge in [-0.05, 0) is 44.9 Å². The van der Waals surface area contributed by atoms with Crippen LogP contribution in [0.1, 0.15) is 103 Å². The Balaban J connectivity index is 4.07. The van der Waals surface area contributed by atoms with Gasteiger partial charge in [-0.1, -0.05) is 64.0 Å². The molecule has 0 radical (unpaired) electrons. The summed E-state index contributed by atoms with van der Waals surface area (Å²) in [5.41, 5.74) is 0. The Morgan fingerprint density at radius 3 is 2.03 bits per heavy atom. The van der Waals surface area contributed by atoms with Gasteiger partial charge in [0, 0.05) is 19.6 Å². The third-order valence-electron chi connectivity index (χ3n) is 6.17. The van der Waals surface area contributed by atoms with Gasteiger partial charge in [-0.3, -0.25) is 9.36 Å². The van der Waals surface area contributed by atoms with Gasteiger partial charge >= 0.3 is 5.97 Å². The van der Waals surface area contributed by atoms with Gasteiger partial charge in [0.05, 0.1) is 34.4 Å². The number of ether oxygens (including phenoxy) is 2. The summed E-state index contributed by atoms with van der Waals surface area (Å²) >= 11 is 0. The minimum Gasteiger partial charge on any atom is -0.756 e. The molecular weight excluding hydrogens is 521 g/mol. The molecule has 0 aliphatic carbocycles. The fourth-order valence-corrected chi connectivity index (χ4v) is 4.45. The van der Waals surface area contributed by atoms with Crippen molar-refractivity contribution in [3.8, 4) is 0 Å². The number of carboxylic acids is 1. The van der Waals surface area contributed by atoms with Crippen molar-refractivity contribution in [2.24, 2.45) is 0 Å². The maximum absolute atomic E-state index is 12.1. The molecule has 0 bridgehead atoms. The average Bonchev–Trinajstić information content (AvgIpc) is 2.85. The zero-order chi connectivity index (χ0) is 29.2. The smallest absolute Gasteiger partial charge is 0.303 e. The number of phosphoric ester groups is 1.